The molecule has 0 bridgehead atoms. The Morgan fingerprint density at radius 2 is 1.93 bits per heavy atom. The van der Waals surface area contributed by atoms with Gasteiger partial charge in [0.05, 0.1) is 14.9 Å². The Morgan fingerprint density at radius 3 is 2.67 bits per heavy atom. The number of aromatic nitrogens is 6. The summed E-state index contributed by atoms with van der Waals surface area (Å²) in [6, 6.07) is 3.88. The summed E-state index contributed by atoms with van der Waals surface area (Å²) in [5.74, 6) is 0.649. The number of rotatable bonds is 4. The summed E-state index contributed by atoms with van der Waals surface area (Å²) in [4.78, 5) is 13.3. The molecule has 27 heavy (non-hydrogen) atoms. The van der Waals surface area contributed by atoms with Crippen molar-refractivity contribution in [2.45, 2.75) is 27.3 Å². The third-order valence-electron chi connectivity index (χ3n) is 3.74. The fourth-order valence-electron chi connectivity index (χ4n) is 2.59. The van der Waals surface area contributed by atoms with Gasteiger partial charge in [0.15, 0.2) is 0 Å². The fraction of sp³-hybridized carbons (Fsp3) is 0.278. The second-order valence-electron chi connectivity index (χ2n) is 7.27. The van der Waals surface area contributed by atoms with Crippen LogP contribution in [0.25, 0.3) is 21.5 Å². The van der Waals surface area contributed by atoms with Crippen LogP contribution in [0, 0.1) is 5.41 Å². The van der Waals surface area contributed by atoms with Crippen LogP contribution in [0.15, 0.2) is 41.5 Å². The molecule has 0 N–H and O–H groups in total. The number of hydrogen-bond donors (Lipinski definition) is 0. The molecule has 7 nitrogen and oxygen atoms in total. The molecule has 0 amide bonds. The van der Waals surface area contributed by atoms with Gasteiger partial charge in [0, 0.05) is 30.7 Å². The Kier molecular flexibility index (Phi) is 4.65. The predicted molar refractivity (Wildman–Crippen MR) is 108 cm³/mol. The van der Waals surface area contributed by atoms with E-state index in [2.05, 4.69) is 62.0 Å². The topological polar surface area (TPSA) is 78.6 Å². The summed E-state index contributed by atoms with van der Waals surface area (Å²) < 4.78 is 8.65. The highest BCUT2D eigenvalue weighted by Gasteiger charge is 2.18. The summed E-state index contributed by atoms with van der Waals surface area (Å²) in [6.45, 7) is 7.30. The SMILES string of the molecule is CC(C)(C)Cn1nnc2c(Br)c(Oc3ncc(-c4cncnc4)s3)ccc21. The van der Waals surface area contributed by atoms with Gasteiger partial charge in [0.2, 0.25) is 0 Å². The summed E-state index contributed by atoms with van der Waals surface area (Å²) in [5.41, 5.74) is 2.75. The Balaban J connectivity index is 1.62. The molecule has 0 fully saturated rings. The Morgan fingerprint density at radius 1 is 1.15 bits per heavy atom. The van der Waals surface area contributed by atoms with Crippen LogP contribution in [0.1, 0.15) is 20.8 Å². The number of hydrogen-bond acceptors (Lipinski definition) is 7. The van der Waals surface area contributed by atoms with E-state index >= 15 is 0 Å². The summed E-state index contributed by atoms with van der Waals surface area (Å²) in [5, 5.41) is 9.14. The van der Waals surface area contributed by atoms with Crippen molar-refractivity contribution in [3.63, 3.8) is 0 Å². The largest absolute Gasteiger partial charge is 0.430 e. The molecular weight excluding hydrogens is 428 g/mol. The minimum atomic E-state index is 0.112. The number of benzene rings is 1. The van der Waals surface area contributed by atoms with E-state index in [1.54, 1.807) is 18.6 Å². The van der Waals surface area contributed by atoms with Crippen molar-refractivity contribution in [3.05, 3.63) is 41.5 Å². The fourth-order valence-corrected chi connectivity index (χ4v) is 3.84. The minimum absolute atomic E-state index is 0.112. The van der Waals surface area contributed by atoms with E-state index in [4.69, 9.17) is 4.74 Å². The first-order valence-corrected chi connectivity index (χ1v) is 9.92. The molecule has 0 radical (unpaired) electrons. The van der Waals surface area contributed by atoms with E-state index in [1.165, 1.54) is 17.7 Å². The van der Waals surface area contributed by atoms with E-state index in [-0.39, 0.29) is 5.41 Å². The Bertz CT molecular complexity index is 1090. The number of thiazole rings is 1. The molecule has 0 unspecified atom stereocenters. The van der Waals surface area contributed by atoms with Crippen molar-refractivity contribution in [3.8, 4) is 21.4 Å². The van der Waals surface area contributed by atoms with E-state index in [1.807, 2.05) is 16.8 Å². The maximum absolute atomic E-state index is 5.97. The molecule has 4 aromatic rings. The first-order valence-electron chi connectivity index (χ1n) is 8.31. The average Bonchev–Trinajstić information content (AvgIpc) is 3.25. The second-order valence-corrected chi connectivity index (χ2v) is 9.06. The monoisotopic (exact) mass is 444 g/mol. The van der Waals surface area contributed by atoms with Gasteiger partial charge in [0.25, 0.3) is 5.19 Å². The molecule has 4 rings (SSSR count). The first-order chi connectivity index (χ1) is 12.9. The number of fused-ring (bicyclic) bond motifs is 1. The van der Waals surface area contributed by atoms with Crippen LogP contribution >= 0.6 is 27.3 Å². The van der Waals surface area contributed by atoms with Crippen LogP contribution in [-0.4, -0.2) is 29.9 Å². The Hall–Kier alpha value is -2.39. The molecule has 0 atom stereocenters. The van der Waals surface area contributed by atoms with E-state index in [0.29, 0.717) is 10.9 Å². The summed E-state index contributed by atoms with van der Waals surface area (Å²) in [6.07, 6.45) is 6.76. The van der Waals surface area contributed by atoms with Crippen LogP contribution < -0.4 is 4.74 Å². The standard InChI is InChI=1S/C18H17BrN6OS/c1-18(2,3)9-25-12-4-5-13(15(19)16(12)23-24-25)26-17-22-8-14(27-17)11-6-20-10-21-7-11/h4-8,10H,9H2,1-3H3. The maximum atomic E-state index is 5.97. The number of halogens is 1. The molecule has 3 aromatic heterocycles. The van der Waals surface area contributed by atoms with Gasteiger partial charge in [0.1, 0.15) is 17.6 Å². The minimum Gasteiger partial charge on any atom is -0.430 e. The van der Waals surface area contributed by atoms with E-state index < -0.39 is 0 Å². The molecule has 0 aliphatic rings. The predicted octanol–water partition coefficient (Wildman–Crippen LogP) is 4.95. The highest BCUT2D eigenvalue weighted by Crippen LogP contribution is 2.38. The van der Waals surface area contributed by atoms with Gasteiger partial charge in [-0.1, -0.05) is 37.3 Å². The molecule has 0 spiro atoms. The van der Waals surface area contributed by atoms with Gasteiger partial charge >= 0.3 is 0 Å². The molecule has 9 heteroatoms. The molecule has 3 heterocycles. The number of ether oxygens (including phenoxy) is 1. The van der Waals surface area contributed by atoms with Crippen molar-refractivity contribution >= 4 is 38.3 Å². The van der Waals surface area contributed by atoms with Crippen molar-refractivity contribution in [1.82, 2.24) is 29.9 Å². The van der Waals surface area contributed by atoms with Gasteiger partial charge < -0.3 is 4.74 Å². The van der Waals surface area contributed by atoms with Crippen LogP contribution in [-0.2, 0) is 6.54 Å². The summed E-state index contributed by atoms with van der Waals surface area (Å²) >= 11 is 5.03. The van der Waals surface area contributed by atoms with Gasteiger partial charge in [-0.15, -0.1) is 5.10 Å². The lowest BCUT2D eigenvalue weighted by atomic mass is 9.97. The van der Waals surface area contributed by atoms with E-state index in [0.717, 1.165) is 32.5 Å². The molecular formula is C18H17BrN6OS. The average molecular weight is 445 g/mol. The van der Waals surface area contributed by atoms with Crippen molar-refractivity contribution in [2.75, 3.05) is 0 Å². The van der Waals surface area contributed by atoms with Crippen molar-refractivity contribution in [1.29, 1.82) is 0 Å². The van der Waals surface area contributed by atoms with Gasteiger partial charge in [-0.3, -0.25) is 0 Å². The van der Waals surface area contributed by atoms with Gasteiger partial charge in [-0.05, 0) is 33.5 Å². The van der Waals surface area contributed by atoms with Crippen LogP contribution in [0.4, 0.5) is 0 Å². The molecule has 0 aliphatic carbocycles. The molecule has 0 saturated heterocycles. The molecule has 138 valence electrons. The third-order valence-corrected chi connectivity index (χ3v) is 5.43. The molecule has 0 saturated carbocycles. The van der Waals surface area contributed by atoms with Crippen LogP contribution in [0.5, 0.6) is 10.9 Å². The zero-order chi connectivity index (χ0) is 19.0. The van der Waals surface area contributed by atoms with E-state index in [9.17, 15) is 0 Å². The van der Waals surface area contributed by atoms with Crippen molar-refractivity contribution in [2.24, 2.45) is 5.41 Å². The lowest BCUT2D eigenvalue weighted by molar-refractivity contribution is 0.327. The highest BCUT2D eigenvalue weighted by molar-refractivity contribution is 9.10. The Labute approximate surface area is 168 Å². The third kappa shape index (κ3) is 3.84. The first kappa shape index (κ1) is 18.0. The van der Waals surface area contributed by atoms with Gasteiger partial charge in [-0.2, -0.15) is 0 Å². The maximum Gasteiger partial charge on any atom is 0.279 e. The summed E-state index contributed by atoms with van der Waals surface area (Å²) in [7, 11) is 0. The normalized spacial score (nSPS) is 11.9. The van der Waals surface area contributed by atoms with Crippen LogP contribution in [0.2, 0.25) is 0 Å². The molecule has 1 aromatic carbocycles. The lowest BCUT2D eigenvalue weighted by Gasteiger charge is -2.17. The quantitative estimate of drug-likeness (QED) is 0.443. The highest BCUT2D eigenvalue weighted by atomic mass is 79.9. The van der Waals surface area contributed by atoms with Gasteiger partial charge in [-0.25, -0.2) is 19.6 Å². The zero-order valence-corrected chi connectivity index (χ0v) is 17.5. The smallest absolute Gasteiger partial charge is 0.279 e. The number of nitrogens with zero attached hydrogens (tertiary/aromatic N) is 6. The van der Waals surface area contributed by atoms with Crippen LogP contribution in [0.3, 0.4) is 0 Å². The second kappa shape index (κ2) is 6.97. The molecule has 0 aliphatic heterocycles. The van der Waals surface area contributed by atoms with Crippen molar-refractivity contribution < 1.29 is 4.74 Å². The lowest BCUT2D eigenvalue weighted by Crippen LogP contribution is -2.16. The zero-order valence-electron chi connectivity index (χ0n) is 15.0.